The number of aryl methyl sites for hydroxylation is 1. The Balaban J connectivity index is 1.72. The minimum Gasteiger partial charge on any atom is -0.378 e. The molecule has 0 aromatic carbocycles. The van der Waals surface area contributed by atoms with Gasteiger partial charge in [-0.15, -0.1) is 0 Å². The molecule has 1 N–H and O–H groups in total. The van der Waals surface area contributed by atoms with Gasteiger partial charge in [-0.3, -0.25) is 9.20 Å². The highest BCUT2D eigenvalue weighted by Gasteiger charge is 2.35. The van der Waals surface area contributed by atoms with Gasteiger partial charge in [0.15, 0.2) is 11.3 Å². The molecule has 0 radical (unpaired) electrons. The van der Waals surface area contributed by atoms with Gasteiger partial charge in [-0.1, -0.05) is 27.2 Å². The molecule has 4 atom stereocenters. The van der Waals surface area contributed by atoms with Gasteiger partial charge in [-0.2, -0.15) is 0 Å². The molecule has 2 aromatic heterocycles. The fraction of sp³-hybridized carbons (Fsp3) is 0.682. The molecule has 7 nitrogen and oxygen atoms in total. The fourth-order valence-electron chi connectivity index (χ4n) is 4.40. The lowest BCUT2D eigenvalue weighted by molar-refractivity contribution is -0.0116. The molecule has 2 unspecified atom stereocenters. The van der Waals surface area contributed by atoms with Gasteiger partial charge >= 0.3 is 0 Å². The van der Waals surface area contributed by atoms with Gasteiger partial charge in [0.2, 0.25) is 0 Å². The highest BCUT2D eigenvalue weighted by molar-refractivity contribution is 5.98. The number of fused-ring (bicyclic) bond motifs is 1. The van der Waals surface area contributed by atoms with Gasteiger partial charge in [-0.05, 0) is 44.1 Å². The molecule has 1 fully saturated rings. The minimum absolute atomic E-state index is 0.105. The van der Waals surface area contributed by atoms with Crippen molar-refractivity contribution in [3.8, 4) is 0 Å². The number of unbranched alkanes of at least 4 members (excludes halogenated alkanes) is 1. The molecule has 0 spiro atoms. The summed E-state index contributed by atoms with van der Waals surface area (Å²) in [5.41, 5.74) is 2.71. The maximum absolute atomic E-state index is 13.1. The smallest absolute Gasteiger partial charge is 0.274 e. The van der Waals surface area contributed by atoms with Crippen molar-refractivity contribution in [2.45, 2.75) is 72.1 Å². The Kier molecular flexibility index (Phi) is 7.24. The van der Waals surface area contributed by atoms with E-state index in [-0.39, 0.29) is 18.1 Å². The number of nitrogens with zero attached hydrogens (tertiary/aromatic N) is 3. The molecule has 1 amide bonds. The summed E-state index contributed by atoms with van der Waals surface area (Å²) in [6, 6.07) is 2.05. The van der Waals surface area contributed by atoms with E-state index in [0.29, 0.717) is 29.8 Å². The molecule has 1 aliphatic rings. The third-order valence-electron chi connectivity index (χ3n) is 5.86. The first kappa shape index (κ1) is 21.7. The van der Waals surface area contributed by atoms with E-state index in [1.54, 1.807) is 13.4 Å². The van der Waals surface area contributed by atoms with Crippen LogP contribution in [0.25, 0.3) is 5.65 Å². The van der Waals surface area contributed by atoms with E-state index in [0.717, 1.165) is 43.7 Å². The number of nitrogens with one attached hydrogen (secondary N) is 1. The number of hydrogen-bond acceptors (Lipinski definition) is 5. The summed E-state index contributed by atoms with van der Waals surface area (Å²) in [6.45, 7) is 9.75. The average Bonchev–Trinajstić information content (AvgIpc) is 3.09. The Morgan fingerprint density at radius 3 is 2.69 bits per heavy atom. The van der Waals surface area contributed by atoms with Crippen LogP contribution in [0.15, 0.2) is 12.4 Å². The predicted octanol–water partition coefficient (Wildman–Crippen LogP) is 3.53. The number of amides is 1. The van der Waals surface area contributed by atoms with E-state index in [4.69, 9.17) is 9.47 Å². The van der Waals surface area contributed by atoms with Gasteiger partial charge in [-0.25, -0.2) is 9.97 Å². The molecular formula is C22H34N4O3. The number of carbonyl (C=O) groups is 1. The third-order valence-corrected chi connectivity index (χ3v) is 5.86. The Morgan fingerprint density at radius 1 is 1.31 bits per heavy atom. The zero-order chi connectivity index (χ0) is 21.0. The first-order valence-corrected chi connectivity index (χ1v) is 10.7. The molecule has 0 bridgehead atoms. The maximum Gasteiger partial charge on any atom is 0.274 e. The van der Waals surface area contributed by atoms with E-state index in [2.05, 4.69) is 36.1 Å². The van der Waals surface area contributed by atoms with E-state index in [1.165, 1.54) is 0 Å². The summed E-state index contributed by atoms with van der Waals surface area (Å²) in [6.07, 6.45) is 6.13. The van der Waals surface area contributed by atoms with Crippen LogP contribution in [0, 0.1) is 18.8 Å². The zero-order valence-corrected chi connectivity index (χ0v) is 18.3. The molecule has 1 aliphatic carbocycles. The van der Waals surface area contributed by atoms with Crippen LogP contribution in [0.4, 0.5) is 0 Å². The van der Waals surface area contributed by atoms with Crippen LogP contribution < -0.4 is 5.32 Å². The van der Waals surface area contributed by atoms with Crippen molar-refractivity contribution >= 4 is 11.6 Å². The Hall–Kier alpha value is -1.99. The normalized spacial score (nSPS) is 24.7. The molecular weight excluding hydrogens is 368 g/mol. The molecule has 1 saturated carbocycles. The van der Waals surface area contributed by atoms with Crippen molar-refractivity contribution in [1.82, 2.24) is 19.7 Å². The second kappa shape index (κ2) is 9.67. The van der Waals surface area contributed by atoms with Crippen molar-refractivity contribution in [3.63, 3.8) is 0 Å². The molecule has 29 heavy (non-hydrogen) atoms. The van der Waals surface area contributed by atoms with E-state index < -0.39 is 0 Å². The van der Waals surface area contributed by atoms with Crippen molar-refractivity contribution in [3.05, 3.63) is 29.5 Å². The van der Waals surface area contributed by atoms with Crippen LogP contribution in [-0.4, -0.2) is 46.1 Å². The first-order chi connectivity index (χ1) is 13.9. The van der Waals surface area contributed by atoms with Gasteiger partial charge in [0.25, 0.3) is 5.91 Å². The van der Waals surface area contributed by atoms with Gasteiger partial charge < -0.3 is 14.8 Å². The van der Waals surface area contributed by atoms with Crippen LogP contribution in [0.5, 0.6) is 0 Å². The Morgan fingerprint density at radius 2 is 2.03 bits per heavy atom. The lowest BCUT2D eigenvalue weighted by atomic mass is 9.77. The maximum atomic E-state index is 13.1. The SMILES string of the molecule is CCCCOC1C[C@@H](C)C(NC(=O)c2ncn3c(COC)cc(C)nc23)[C@@H](C)C1. The monoisotopic (exact) mass is 402 g/mol. The molecule has 160 valence electrons. The quantitative estimate of drug-likeness (QED) is 0.684. The summed E-state index contributed by atoms with van der Waals surface area (Å²) in [5.74, 6) is 0.534. The number of carbonyl (C=O) groups excluding carboxylic acids is 1. The summed E-state index contributed by atoms with van der Waals surface area (Å²) in [7, 11) is 1.65. The molecule has 2 heterocycles. The van der Waals surface area contributed by atoms with Crippen LogP contribution >= 0.6 is 0 Å². The van der Waals surface area contributed by atoms with Crippen LogP contribution in [-0.2, 0) is 16.1 Å². The van der Waals surface area contributed by atoms with E-state index in [1.807, 2.05) is 17.4 Å². The first-order valence-electron chi connectivity index (χ1n) is 10.7. The summed E-state index contributed by atoms with van der Waals surface area (Å²) >= 11 is 0. The standard InChI is InChI=1S/C22H34N4O3/c1-6-7-8-29-18-9-14(2)19(15(3)10-18)25-22(27)20-21-24-16(4)11-17(12-28-5)26(21)13-23-20/h11,13-15,18-19H,6-10,12H2,1-5H3,(H,25,27)/t14-,15+,18?,19?. The van der Waals surface area contributed by atoms with Crippen molar-refractivity contribution in [1.29, 1.82) is 0 Å². The van der Waals surface area contributed by atoms with Crippen LogP contribution in [0.2, 0.25) is 0 Å². The van der Waals surface area contributed by atoms with Crippen molar-refractivity contribution in [2.24, 2.45) is 11.8 Å². The van der Waals surface area contributed by atoms with E-state index in [9.17, 15) is 4.79 Å². The lowest BCUT2D eigenvalue weighted by Crippen LogP contribution is -2.49. The van der Waals surface area contributed by atoms with Gasteiger partial charge in [0, 0.05) is 25.5 Å². The minimum atomic E-state index is -0.164. The molecule has 7 heteroatoms. The van der Waals surface area contributed by atoms with Gasteiger partial charge in [0.1, 0.15) is 6.33 Å². The summed E-state index contributed by atoms with van der Waals surface area (Å²) in [5, 5.41) is 3.23. The number of rotatable bonds is 8. The zero-order valence-electron chi connectivity index (χ0n) is 18.3. The van der Waals surface area contributed by atoms with Crippen molar-refractivity contribution in [2.75, 3.05) is 13.7 Å². The number of methoxy groups -OCH3 is 1. The topological polar surface area (TPSA) is 77.8 Å². The second-order valence-electron chi connectivity index (χ2n) is 8.38. The predicted molar refractivity (Wildman–Crippen MR) is 112 cm³/mol. The highest BCUT2D eigenvalue weighted by Crippen LogP contribution is 2.31. The van der Waals surface area contributed by atoms with Crippen LogP contribution in [0.1, 0.15) is 68.3 Å². The Bertz CT molecular complexity index is 823. The lowest BCUT2D eigenvalue weighted by Gasteiger charge is -2.39. The highest BCUT2D eigenvalue weighted by atomic mass is 16.5. The number of hydrogen-bond donors (Lipinski definition) is 1. The fourth-order valence-corrected chi connectivity index (χ4v) is 4.40. The Labute approximate surface area is 173 Å². The number of aromatic nitrogens is 3. The van der Waals surface area contributed by atoms with Crippen molar-refractivity contribution < 1.29 is 14.3 Å². The van der Waals surface area contributed by atoms with Crippen LogP contribution in [0.3, 0.4) is 0 Å². The second-order valence-corrected chi connectivity index (χ2v) is 8.38. The molecule has 0 aliphatic heterocycles. The number of ether oxygens (including phenoxy) is 2. The largest absolute Gasteiger partial charge is 0.378 e. The average molecular weight is 403 g/mol. The summed E-state index contributed by atoms with van der Waals surface area (Å²) < 4.78 is 13.1. The molecule has 0 saturated heterocycles. The van der Waals surface area contributed by atoms with E-state index >= 15 is 0 Å². The molecule has 2 aromatic rings. The summed E-state index contributed by atoms with van der Waals surface area (Å²) in [4.78, 5) is 22.0. The number of imidazole rings is 1. The molecule has 3 rings (SSSR count). The van der Waals surface area contributed by atoms with Gasteiger partial charge in [0.05, 0.1) is 18.4 Å². The third kappa shape index (κ3) is 4.95.